The molecule has 2 atom stereocenters. The van der Waals surface area contributed by atoms with E-state index in [-0.39, 0.29) is 0 Å². The van der Waals surface area contributed by atoms with Crippen LogP contribution < -0.4 is 10.6 Å². The average molecular weight is 275 g/mol. The number of aromatic nitrogens is 1. The lowest BCUT2D eigenvalue weighted by molar-refractivity contribution is 0.243. The molecule has 4 heteroatoms. The van der Waals surface area contributed by atoms with Crippen LogP contribution in [0.4, 0.5) is 5.82 Å². The van der Waals surface area contributed by atoms with Gasteiger partial charge in [-0.1, -0.05) is 25.1 Å². The number of nitrogens with two attached hydrogens (primary N) is 1. The third-order valence-corrected chi connectivity index (χ3v) is 4.81. The molecule has 102 valence electrons. The van der Waals surface area contributed by atoms with Crippen LogP contribution in [-0.4, -0.2) is 22.6 Å². The molecular formula is C15H21N3S. The summed E-state index contributed by atoms with van der Waals surface area (Å²) in [6.07, 6.45) is 9.98. The molecule has 1 aliphatic carbocycles. The van der Waals surface area contributed by atoms with Gasteiger partial charge in [-0.25, -0.2) is 4.98 Å². The number of piperidine rings is 1. The number of fused-ring (bicyclic) bond motifs is 1. The van der Waals surface area contributed by atoms with Crippen LogP contribution in [-0.2, 0) is 0 Å². The minimum Gasteiger partial charge on any atom is -0.389 e. The van der Waals surface area contributed by atoms with Gasteiger partial charge in [-0.2, -0.15) is 0 Å². The Bertz CT molecular complexity index is 455. The first-order chi connectivity index (χ1) is 9.25. The van der Waals surface area contributed by atoms with Gasteiger partial charge in [0.05, 0.1) is 0 Å². The van der Waals surface area contributed by atoms with E-state index in [4.69, 9.17) is 18.0 Å². The maximum absolute atomic E-state index is 5.63. The Morgan fingerprint density at radius 1 is 1.21 bits per heavy atom. The molecule has 1 aliphatic heterocycles. The first kappa shape index (κ1) is 12.9. The van der Waals surface area contributed by atoms with E-state index >= 15 is 0 Å². The molecule has 0 aromatic carbocycles. The third-order valence-electron chi connectivity index (χ3n) is 4.57. The average Bonchev–Trinajstić information content (AvgIpc) is 2.47. The molecule has 0 bridgehead atoms. The summed E-state index contributed by atoms with van der Waals surface area (Å²) in [5, 5.41) is 0. The van der Waals surface area contributed by atoms with Gasteiger partial charge in [0.25, 0.3) is 0 Å². The SMILES string of the molecule is NC(=S)c1ccc(N2CCC[C@H]3CCCC[C@H]32)nc1. The molecule has 0 unspecified atom stereocenters. The van der Waals surface area contributed by atoms with E-state index in [0.29, 0.717) is 11.0 Å². The van der Waals surface area contributed by atoms with Crippen molar-refractivity contribution in [2.45, 2.75) is 44.6 Å². The molecule has 19 heavy (non-hydrogen) atoms. The van der Waals surface area contributed by atoms with Gasteiger partial charge in [0.1, 0.15) is 10.8 Å². The second-order valence-electron chi connectivity index (χ2n) is 5.72. The quantitative estimate of drug-likeness (QED) is 0.843. The highest BCUT2D eigenvalue weighted by Gasteiger charge is 2.33. The molecule has 1 saturated heterocycles. The Morgan fingerprint density at radius 2 is 2.00 bits per heavy atom. The summed E-state index contributed by atoms with van der Waals surface area (Å²) < 4.78 is 0. The van der Waals surface area contributed by atoms with Crippen molar-refractivity contribution in [3.63, 3.8) is 0 Å². The topological polar surface area (TPSA) is 42.1 Å². The van der Waals surface area contributed by atoms with Crippen LogP contribution in [0.3, 0.4) is 0 Å². The zero-order chi connectivity index (χ0) is 13.2. The summed E-state index contributed by atoms with van der Waals surface area (Å²) in [6.45, 7) is 1.14. The van der Waals surface area contributed by atoms with E-state index in [1.54, 1.807) is 0 Å². The predicted octanol–water partition coefficient (Wildman–Crippen LogP) is 2.87. The first-order valence-corrected chi connectivity index (χ1v) is 7.69. The van der Waals surface area contributed by atoms with Gasteiger partial charge in [-0.05, 0) is 43.7 Å². The highest BCUT2D eigenvalue weighted by Crippen LogP contribution is 2.37. The molecule has 2 heterocycles. The second-order valence-corrected chi connectivity index (χ2v) is 6.16. The van der Waals surface area contributed by atoms with E-state index < -0.39 is 0 Å². The standard InChI is InChI=1S/C15H21N3S/c16-15(19)12-7-8-14(17-10-12)18-9-3-5-11-4-1-2-6-13(11)18/h7-8,10-11,13H,1-6,9H2,(H2,16,19)/t11-,13-/m1/s1. The number of thiocarbonyl (C=S) groups is 1. The normalized spacial score (nSPS) is 26.8. The van der Waals surface area contributed by atoms with Crippen LogP contribution in [0.2, 0.25) is 0 Å². The van der Waals surface area contributed by atoms with Crippen molar-refractivity contribution in [1.29, 1.82) is 0 Å². The molecule has 3 rings (SSSR count). The van der Waals surface area contributed by atoms with Crippen LogP contribution in [0.5, 0.6) is 0 Å². The number of anilines is 1. The van der Waals surface area contributed by atoms with Crippen LogP contribution in [0.1, 0.15) is 44.1 Å². The molecule has 2 N–H and O–H groups in total. The van der Waals surface area contributed by atoms with Crippen LogP contribution in [0.15, 0.2) is 18.3 Å². The lowest BCUT2D eigenvalue weighted by atomic mass is 9.78. The van der Waals surface area contributed by atoms with E-state index in [1.807, 2.05) is 12.3 Å². The monoisotopic (exact) mass is 275 g/mol. The molecule has 1 aromatic heterocycles. The van der Waals surface area contributed by atoms with Crippen molar-refractivity contribution >= 4 is 23.0 Å². The number of rotatable bonds is 2. The fourth-order valence-corrected chi connectivity index (χ4v) is 3.73. The Morgan fingerprint density at radius 3 is 2.74 bits per heavy atom. The van der Waals surface area contributed by atoms with Gasteiger partial charge in [0.15, 0.2) is 0 Å². The summed E-state index contributed by atoms with van der Waals surface area (Å²) >= 11 is 4.98. The second kappa shape index (κ2) is 5.45. The van der Waals surface area contributed by atoms with Gasteiger partial charge in [0, 0.05) is 24.3 Å². The summed E-state index contributed by atoms with van der Waals surface area (Å²) in [5.74, 6) is 1.97. The molecule has 2 fully saturated rings. The molecule has 0 spiro atoms. The summed E-state index contributed by atoms with van der Waals surface area (Å²) in [7, 11) is 0. The third kappa shape index (κ3) is 2.59. The maximum atomic E-state index is 5.63. The lowest BCUT2D eigenvalue weighted by Crippen LogP contribution is -2.47. The molecule has 3 nitrogen and oxygen atoms in total. The van der Waals surface area contributed by atoms with Crippen molar-refractivity contribution in [2.24, 2.45) is 11.7 Å². The zero-order valence-electron chi connectivity index (χ0n) is 11.2. The summed E-state index contributed by atoms with van der Waals surface area (Å²) in [6, 6.07) is 4.77. The summed E-state index contributed by atoms with van der Waals surface area (Å²) in [4.78, 5) is 7.51. The minimum atomic E-state index is 0.424. The largest absolute Gasteiger partial charge is 0.389 e. The van der Waals surface area contributed by atoms with Crippen LogP contribution >= 0.6 is 12.2 Å². The van der Waals surface area contributed by atoms with E-state index in [2.05, 4.69) is 16.0 Å². The number of pyridine rings is 1. The van der Waals surface area contributed by atoms with Crippen LogP contribution in [0.25, 0.3) is 0 Å². The minimum absolute atomic E-state index is 0.424. The van der Waals surface area contributed by atoms with Crippen molar-refractivity contribution in [1.82, 2.24) is 4.98 Å². The first-order valence-electron chi connectivity index (χ1n) is 7.28. The molecule has 0 radical (unpaired) electrons. The van der Waals surface area contributed by atoms with Gasteiger partial charge in [-0.15, -0.1) is 0 Å². The van der Waals surface area contributed by atoms with Crippen molar-refractivity contribution in [3.8, 4) is 0 Å². The Kier molecular flexibility index (Phi) is 3.69. The predicted molar refractivity (Wildman–Crippen MR) is 82.5 cm³/mol. The molecular weight excluding hydrogens is 254 g/mol. The van der Waals surface area contributed by atoms with E-state index in [0.717, 1.165) is 23.8 Å². The number of hydrogen-bond donors (Lipinski definition) is 1. The fraction of sp³-hybridized carbons (Fsp3) is 0.600. The number of hydrogen-bond acceptors (Lipinski definition) is 3. The van der Waals surface area contributed by atoms with Gasteiger partial charge in [0.2, 0.25) is 0 Å². The molecule has 1 aromatic rings. The van der Waals surface area contributed by atoms with Gasteiger partial charge in [-0.3, -0.25) is 0 Å². The zero-order valence-corrected chi connectivity index (χ0v) is 12.0. The smallest absolute Gasteiger partial charge is 0.128 e. The highest BCUT2D eigenvalue weighted by atomic mass is 32.1. The fourth-order valence-electron chi connectivity index (χ4n) is 3.61. The van der Waals surface area contributed by atoms with Crippen molar-refractivity contribution in [3.05, 3.63) is 23.9 Å². The Labute approximate surface area is 120 Å². The maximum Gasteiger partial charge on any atom is 0.128 e. The summed E-state index contributed by atoms with van der Waals surface area (Å²) in [5.41, 5.74) is 6.48. The van der Waals surface area contributed by atoms with Crippen molar-refractivity contribution in [2.75, 3.05) is 11.4 Å². The number of nitrogens with zero attached hydrogens (tertiary/aromatic N) is 2. The Balaban J connectivity index is 1.81. The van der Waals surface area contributed by atoms with Gasteiger partial charge < -0.3 is 10.6 Å². The Hall–Kier alpha value is -1.16. The van der Waals surface area contributed by atoms with Crippen LogP contribution in [0, 0.1) is 5.92 Å². The molecule has 2 aliphatic rings. The van der Waals surface area contributed by atoms with Gasteiger partial charge >= 0.3 is 0 Å². The molecule has 0 amide bonds. The van der Waals surface area contributed by atoms with Crippen molar-refractivity contribution < 1.29 is 0 Å². The highest BCUT2D eigenvalue weighted by molar-refractivity contribution is 7.80. The molecule has 1 saturated carbocycles. The van der Waals surface area contributed by atoms with E-state index in [9.17, 15) is 0 Å². The van der Waals surface area contributed by atoms with E-state index in [1.165, 1.54) is 38.5 Å². The lowest BCUT2D eigenvalue weighted by Gasteiger charge is -2.44.